The molecule has 0 saturated carbocycles. The second-order valence-corrected chi connectivity index (χ2v) is 9.59. The van der Waals surface area contributed by atoms with Crippen molar-refractivity contribution in [3.8, 4) is 0 Å². The number of likely N-dealkylation sites (tertiary alicyclic amines) is 1. The minimum Gasteiger partial charge on any atom is -0.356 e. The lowest BCUT2D eigenvalue weighted by Crippen LogP contribution is -2.49. The van der Waals surface area contributed by atoms with Crippen molar-refractivity contribution in [3.05, 3.63) is 28.5 Å². The Morgan fingerprint density at radius 3 is 2.76 bits per heavy atom. The number of pyridine rings is 1. The molecule has 3 N–H and O–H groups in total. The van der Waals surface area contributed by atoms with E-state index >= 15 is 0 Å². The first kappa shape index (κ1) is 20.8. The molecule has 0 amide bonds. The van der Waals surface area contributed by atoms with Crippen LogP contribution in [-0.4, -0.2) is 39.1 Å². The fourth-order valence-electron chi connectivity index (χ4n) is 3.56. The second-order valence-electron chi connectivity index (χ2n) is 8.67. The highest BCUT2D eigenvalue weighted by Gasteiger charge is 2.42. The molecule has 2 heterocycles. The van der Waals surface area contributed by atoms with E-state index in [9.17, 15) is 5.11 Å². The number of nitrogens with zero attached hydrogens (tertiary/aromatic N) is 2. The van der Waals surface area contributed by atoms with E-state index in [1.807, 2.05) is 32.9 Å². The summed E-state index contributed by atoms with van der Waals surface area (Å²) in [5.41, 5.74) is 6.77. The van der Waals surface area contributed by atoms with Crippen molar-refractivity contribution in [2.24, 2.45) is 11.7 Å². The molecule has 0 aliphatic carbocycles. The van der Waals surface area contributed by atoms with Crippen molar-refractivity contribution < 1.29 is 9.84 Å². The molecule has 0 spiro atoms. The number of ether oxygens (including phenoxy) is 1. The molecule has 142 valence electrons. The third-order valence-electron chi connectivity index (χ3n) is 4.76. The van der Waals surface area contributed by atoms with Crippen molar-refractivity contribution in [1.29, 1.82) is 0 Å². The van der Waals surface area contributed by atoms with Crippen LogP contribution < -0.4 is 5.73 Å². The van der Waals surface area contributed by atoms with Crippen LogP contribution in [0.25, 0.3) is 0 Å². The Balaban J connectivity index is 1.92. The number of nitrogens with two attached hydrogens (primary N) is 1. The Morgan fingerprint density at radius 2 is 2.16 bits per heavy atom. The maximum atomic E-state index is 10.5. The van der Waals surface area contributed by atoms with Crippen LogP contribution in [0.4, 0.5) is 0 Å². The highest BCUT2D eigenvalue weighted by atomic mass is 79.9. The van der Waals surface area contributed by atoms with Crippen LogP contribution in [0.15, 0.2) is 22.8 Å². The molecule has 1 aliphatic heterocycles. The van der Waals surface area contributed by atoms with Gasteiger partial charge in [0.2, 0.25) is 6.41 Å². The number of aromatic nitrogens is 1. The smallest absolute Gasteiger partial charge is 0.217 e. The Kier molecular flexibility index (Phi) is 6.65. The zero-order valence-electron chi connectivity index (χ0n) is 16.0. The van der Waals surface area contributed by atoms with Crippen LogP contribution in [0, 0.1) is 5.92 Å². The third-order valence-corrected chi connectivity index (χ3v) is 5.25. The van der Waals surface area contributed by atoms with Gasteiger partial charge in [0, 0.05) is 28.8 Å². The predicted octanol–water partition coefficient (Wildman–Crippen LogP) is 3.82. The first-order chi connectivity index (χ1) is 11.5. The molecule has 1 aromatic heterocycles. The van der Waals surface area contributed by atoms with E-state index in [4.69, 9.17) is 10.5 Å². The van der Waals surface area contributed by atoms with E-state index in [0.717, 1.165) is 36.0 Å². The molecule has 1 fully saturated rings. The van der Waals surface area contributed by atoms with Crippen LogP contribution in [0.1, 0.15) is 65.6 Å². The number of aliphatic hydroxyl groups is 1. The molecule has 25 heavy (non-hydrogen) atoms. The fraction of sp³-hybridized carbons (Fsp3) is 0.737. The molecule has 5 nitrogen and oxygen atoms in total. The Bertz CT molecular complexity index is 574. The number of hydrogen-bond donors (Lipinski definition) is 2. The van der Waals surface area contributed by atoms with Gasteiger partial charge in [0.05, 0.1) is 11.3 Å². The lowest BCUT2D eigenvalue weighted by molar-refractivity contribution is -0.251. The van der Waals surface area contributed by atoms with Gasteiger partial charge in [0.1, 0.15) is 0 Å². The monoisotopic (exact) mass is 413 g/mol. The normalized spacial score (nSPS) is 23.6. The Morgan fingerprint density at radius 1 is 1.48 bits per heavy atom. The van der Waals surface area contributed by atoms with Gasteiger partial charge >= 0.3 is 0 Å². The summed E-state index contributed by atoms with van der Waals surface area (Å²) in [6.45, 7) is 11.0. The highest BCUT2D eigenvalue weighted by molar-refractivity contribution is 9.10. The van der Waals surface area contributed by atoms with Crippen molar-refractivity contribution in [2.45, 2.75) is 77.5 Å². The van der Waals surface area contributed by atoms with Crippen LogP contribution >= 0.6 is 15.9 Å². The summed E-state index contributed by atoms with van der Waals surface area (Å²) in [6, 6.07) is 3.83. The molecule has 0 bridgehead atoms. The van der Waals surface area contributed by atoms with Gasteiger partial charge in [0.25, 0.3) is 0 Å². The zero-order chi connectivity index (χ0) is 18.8. The summed E-state index contributed by atoms with van der Waals surface area (Å²) < 4.78 is 6.76. The molecular weight excluding hydrogens is 382 g/mol. The van der Waals surface area contributed by atoms with Crippen molar-refractivity contribution >= 4 is 15.9 Å². The van der Waals surface area contributed by atoms with Gasteiger partial charge in [-0.1, -0.05) is 15.9 Å². The number of hydrogen-bond acceptors (Lipinski definition) is 5. The van der Waals surface area contributed by atoms with Gasteiger partial charge in [-0.2, -0.15) is 0 Å². The average Bonchev–Trinajstić information content (AvgIpc) is 2.78. The highest BCUT2D eigenvalue weighted by Crippen LogP contribution is 2.37. The van der Waals surface area contributed by atoms with E-state index in [-0.39, 0.29) is 17.2 Å². The number of halogens is 1. The van der Waals surface area contributed by atoms with Crippen LogP contribution in [0.5, 0.6) is 0 Å². The Labute approximate surface area is 160 Å². The first-order valence-corrected chi connectivity index (χ1v) is 9.77. The quantitative estimate of drug-likeness (QED) is 0.693. The second kappa shape index (κ2) is 8.01. The van der Waals surface area contributed by atoms with E-state index < -0.39 is 6.41 Å². The fourth-order valence-corrected chi connectivity index (χ4v) is 3.92. The lowest BCUT2D eigenvalue weighted by atomic mass is 9.91. The molecule has 2 rings (SSSR count). The summed E-state index contributed by atoms with van der Waals surface area (Å²) in [5.74, 6) is 0.492. The molecular formula is C19H32BrN3O2. The maximum absolute atomic E-state index is 10.5. The van der Waals surface area contributed by atoms with Gasteiger partial charge in [-0.3, -0.25) is 4.98 Å². The van der Waals surface area contributed by atoms with Gasteiger partial charge in [-0.15, -0.1) is 0 Å². The number of aliphatic hydroxyl groups excluding tert-OH is 1. The van der Waals surface area contributed by atoms with Gasteiger partial charge < -0.3 is 15.6 Å². The maximum Gasteiger partial charge on any atom is 0.217 e. The lowest BCUT2D eigenvalue weighted by Gasteiger charge is -2.37. The largest absolute Gasteiger partial charge is 0.356 e. The number of rotatable bonds is 6. The van der Waals surface area contributed by atoms with E-state index in [0.29, 0.717) is 5.92 Å². The van der Waals surface area contributed by atoms with Gasteiger partial charge in [-0.05, 0) is 71.9 Å². The van der Waals surface area contributed by atoms with Crippen molar-refractivity contribution in [3.63, 3.8) is 0 Å². The molecule has 1 aromatic rings. The minimum absolute atomic E-state index is 0.0644. The van der Waals surface area contributed by atoms with E-state index in [1.165, 1.54) is 0 Å². The third kappa shape index (κ3) is 6.00. The summed E-state index contributed by atoms with van der Waals surface area (Å²) in [7, 11) is 0. The zero-order valence-corrected chi connectivity index (χ0v) is 17.6. The summed E-state index contributed by atoms with van der Waals surface area (Å²) in [6.07, 6.45) is 3.82. The summed E-state index contributed by atoms with van der Waals surface area (Å²) >= 11 is 3.47. The predicted molar refractivity (Wildman–Crippen MR) is 104 cm³/mol. The van der Waals surface area contributed by atoms with Crippen molar-refractivity contribution in [1.82, 2.24) is 9.88 Å². The molecule has 2 unspecified atom stereocenters. The molecule has 1 aliphatic rings. The SMILES string of the molecule is CC(C)(C)OC(O)N1C[C@@H](CCC(N)c2cc(Br)ccn2)CC1(C)C. The average molecular weight is 414 g/mol. The first-order valence-electron chi connectivity index (χ1n) is 8.97. The molecule has 1 saturated heterocycles. The minimum atomic E-state index is -0.875. The summed E-state index contributed by atoms with van der Waals surface area (Å²) in [4.78, 5) is 6.43. The Hall–Kier alpha value is -0.530. The molecule has 0 aromatic carbocycles. The molecule has 6 heteroatoms. The van der Waals surface area contributed by atoms with Crippen LogP contribution in [0.3, 0.4) is 0 Å². The van der Waals surface area contributed by atoms with E-state index in [1.54, 1.807) is 6.20 Å². The topological polar surface area (TPSA) is 71.6 Å². The molecule has 3 atom stereocenters. The van der Waals surface area contributed by atoms with Crippen molar-refractivity contribution in [2.75, 3.05) is 6.54 Å². The van der Waals surface area contributed by atoms with E-state index in [2.05, 4.69) is 39.7 Å². The summed E-state index contributed by atoms with van der Waals surface area (Å²) in [5, 5.41) is 10.5. The van der Waals surface area contributed by atoms with Gasteiger partial charge in [-0.25, -0.2) is 4.90 Å². The van der Waals surface area contributed by atoms with Gasteiger partial charge in [0.15, 0.2) is 0 Å². The molecule has 0 radical (unpaired) electrons. The van der Waals surface area contributed by atoms with Crippen LogP contribution in [-0.2, 0) is 4.74 Å². The van der Waals surface area contributed by atoms with Crippen LogP contribution in [0.2, 0.25) is 0 Å². The standard InChI is InChI=1S/C19H32BrN3O2/c1-18(2,3)25-17(24)23-12-13(11-19(23,4)5)6-7-15(21)16-10-14(20)8-9-22-16/h8-10,13,15,17,24H,6-7,11-12,21H2,1-5H3/t13-,15?,17?/m0/s1.